The van der Waals surface area contributed by atoms with E-state index in [1.165, 1.54) is 38.9 Å². The Labute approximate surface area is 107 Å². The summed E-state index contributed by atoms with van der Waals surface area (Å²) in [7, 11) is 0. The second-order valence-corrected chi connectivity index (χ2v) is 6.92. The molecule has 2 heterocycles. The third-order valence-electron chi connectivity index (χ3n) is 5.14. The average molecular weight is 238 g/mol. The zero-order chi connectivity index (χ0) is 12.6. The maximum atomic E-state index is 2.81. The molecule has 0 spiro atoms. The van der Waals surface area contributed by atoms with Gasteiger partial charge in [0.1, 0.15) is 0 Å². The van der Waals surface area contributed by atoms with Crippen molar-refractivity contribution in [3.05, 3.63) is 0 Å². The monoisotopic (exact) mass is 238 g/mol. The Morgan fingerprint density at radius 1 is 1.24 bits per heavy atom. The number of fused-ring (bicyclic) bond motifs is 1. The zero-order valence-electron chi connectivity index (χ0n) is 12.4. The first-order valence-corrected chi connectivity index (χ1v) is 7.46. The second kappa shape index (κ2) is 4.89. The molecular weight excluding hydrogens is 208 g/mol. The molecule has 0 aliphatic carbocycles. The number of rotatable bonds is 3. The van der Waals surface area contributed by atoms with Crippen molar-refractivity contribution in [1.29, 1.82) is 0 Å². The van der Waals surface area contributed by atoms with Crippen molar-refractivity contribution in [2.45, 2.75) is 71.5 Å². The van der Waals surface area contributed by atoms with Crippen LogP contribution in [0.1, 0.15) is 53.9 Å². The molecule has 2 heteroatoms. The minimum atomic E-state index is 0.365. The van der Waals surface area contributed by atoms with Gasteiger partial charge in [-0.3, -0.25) is 9.80 Å². The van der Waals surface area contributed by atoms with Crippen molar-refractivity contribution in [3.8, 4) is 0 Å². The van der Waals surface area contributed by atoms with E-state index in [9.17, 15) is 0 Å². The fourth-order valence-corrected chi connectivity index (χ4v) is 3.51. The predicted molar refractivity (Wildman–Crippen MR) is 74.3 cm³/mol. The lowest BCUT2D eigenvalue weighted by Crippen LogP contribution is -2.63. The molecule has 0 amide bonds. The van der Waals surface area contributed by atoms with Crippen molar-refractivity contribution in [1.82, 2.24) is 9.80 Å². The van der Waals surface area contributed by atoms with Crippen molar-refractivity contribution in [3.63, 3.8) is 0 Å². The van der Waals surface area contributed by atoms with Gasteiger partial charge in [-0.15, -0.1) is 0 Å². The largest absolute Gasteiger partial charge is 0.298 e. The molecule has 2 saturated heterocycles. The molecule has 2 unspecified atom stereocenters. The highest BCUT2D eigenvalue weighted by molar-refractivity contribution is 4.98. The van der Waals surface area contributed by atoms with Crippen LogP contribution in [0.15, 0.2) is 0 Å². The van der Waals surface area contributed by atoms with Gasteiger partial charge >= 0.3 is 0 Å². The molecular formula is C15H30N2. The Balaban J connectivity index is 2.16. The normalized spacial score (nSPS) is 32.1. The van der Waals surface area contributed by atoms with E-state index in [1.54, 1.807) is 0 Å². The Hall–Kier alpha value is -0.0800. The lowest BCUT2D eigenvalue weighted by Gasteiger charge is -2.52. The van der Waals surface area contributed by atoms with Crippen molar-refractivity contribution >= 4 is 0 Å². The van der Waals surface area contributed by atoms with Crippen LogP contribution in [-0.2, 0) is 0 Å². The minimum absolute atomic E-state index is 0.365. The van der Waals surface area contributed by atoms with E-state index >= 15 is 0 Å². The van der Waals surface area contributed by atoms with Crippen LogP contribution in [0.4, 0.5) is 0 Å². The van der Waals surface area contributed by atoms with Crippen LogP contribution in [0.2, 0.25) is 0 Å². The summed E-state index contributed by atoms with van der Waals surface area (Å²) in [6, 6.07) is 1.59. The lowest BCUT2D eigenvalue weighted by molar-refractivity contribution is -0.0344. The number of piperazine rings is 1. The maximum absolute atomic E-state index is 2.81. The van der Waals surface area contributed by atoms with Gasteiger partial charge in [0.15, 0.2) is 0 Å². The minimum Gasteiger partial charge on any atom is -0.298 e. The molecule has 2 nitrogen and oxygen atoms in total. The van der Waals surface area contributed by atoms with Gasteiger partial charge in [0.05, 0.1) is 0 Å². The Morgan fingerprint density at radius 3 is 2.53 bits per heavy atom. The van der Waals surface area contributed by atoms with Gasteiger partial charge in [-0.05, 0) is 45.6 Å². The van der Waals surface area contributed by atoms with E-state index in [4.69, 9.17) is 0 Å². The molecule has 2 aliphatic rings. The van der Waals surface area contributed by atoms with Crippen LogP contribution in [-0.4, -0.2) is 47.1 Å². The quantitative estimate of drug-likeness (QED) is 0.746. The highest BCUT2D eigenvalue weighted by atomic mass is 15.3. The van der Waals surface area contributed by atoms with Gasteiger partial charge < -0.3 is 0 Å². The summed E-state index contributed by atoms with van der Waals surface area (Å²) in [5.41, 5.74) is 0.365. The summed E-state index contributed by atoms with van der Waals surface area (Å²) in [4.78, 5) is 5.55. The Morgan fingerprint density at radius 2 is 1.94 bits per heavy atom. The molecule has 2 atom stereocenters. The van der Waals surface area contributed by atoms with E-state index in [2.05, 4.69) is 44.4 Å². The van der Waals surface area contributed by atoms with E-state index in [0.717, 1.165) is 18.0 Å². The molecule has 100 valence electrons. The van der Waals surface area contributed by atoms with Crippen LogP contribution >= 0.6 is 0 Å². The van der Waals surface area contributed by atoms with Crippen LogP contribution in [0.5, 0.6) is 0 Å². The highest BCUT2D eigenvalue weighted by Gasteiger charge is 2.42. The van der Waals surface area contributed by atoms with Gasteiger partial charge in [-0.2, -0.15) is 0 Å². The molecule has 0 bridgehead atoms. The van der Waals surface area contributed by atoms with Gasteiger partial charge in [-0.1, -0.05) is 20.8 Å². The van der Waals surface area contributed by atoms with Crippen LogP contribution in [0.25, 0.3) is 0 Å². The molecule has 2 rings (SSSR count). The SMILES string of the molecule is CCC(C)(C)N1CC2CCCN2CC1C(C)C. The molecule has 2 aliphatic heterocycles. The summed E-state index contributed by atoms with van der Waals surface area (Å²) in [6.07, 6.45) is 4.08. The number of hydrogen-bond donors (Lipinski definition) is 0. The third-order valence-corrected chi connectivity index (χ3v) is 5.14. The van der Waals surface area contributed by atoms with E-state index in [-0.39, 0.29) is 0 Å². The van der Waals surface area contributed by atoms with Crippen LogP contribution < -0.4 is 0 Å². The second-order valence-electron chi connectivity index (χ2n) is 6.92. The molecule has 0 saturated carbocycles. The average Bonchev–Trinajstić information content (AvgIpc) is 2.74. The standard InChI is InChI=1S/C15H30N2/c1-6-15(4,5)17-10-13-8-7-9-16(13)11-14(17)12(2)3/h12-14H,6-11H2,1-5H3. The van der Waals surface area contributed by atoms with E-state index in [1.807, 2.05) is 0 Å². The molecule has 0 aromatic rings. The van der Waals surface area contributed by atoms with Gasteiger partial charge in [0, 0.05) is 30.7 Å². The molecule has 0 aromatic heterocycles. The predicted octanol–water partition coefficient (Wildman–Crippen LogP) is 2.98. The van der Waals surface area contributed by atoms with Crippen molar-refractivity contribution < 1.29 is 0 Å². The van der Waals surface area contributed by atoms with Crippen molar-refractivity contribution in [2.75, 3.05) is 19.6 Å². The Bertz CT molecular complexity index is 260. The smallest absolute Gasteiger partial charge is 0.0252 e. The van der Waals surface area contributed by atoms with Crippen LogP contribution in [0.3, 0.4) is 0 Å². The Kier molecular flexibility index (Phi) is 3.84. The summed E-state index contributed by atoms with van der Waals surface area (Å²) in [5.74, 6) is 0.766. The summed E-state index contributed by atoms with van der Waals surface area (Å²) in [6.45, 7) is 15.9. The van der Waals surface area contributed by atoms with Gasteiger partial charge in [0.2, 0.25) is 0 Å². The zero-order valence-corrected chi connectivity index (χ0v) is 12.4. The molecule has 17 heavy (non-hydrogen) atoms. The molecule has 2 fully saturated rings. The molecule has 0 radical (unpaired) electrons. The summed E-state index contributed by atoms with van der Waals surface area (Å²) < 4.78 is 0. The maximum Gasteiger partial charge on any atom is 0.0252 e. The molecule has 0 aromatic carbocycles. The van der Waals surface area contributed by atoms with Crippen LogP contribution in [0, 0.1) is 5.92 Å². The first-order valence-electron chi connectivity index (χ1n) is 7.46. The van der Waals surface area contributed by atoms with E-state index < -0.39 is 0 Å². The fraction of sp³-hybridized carbons (Fsp3) is 1.00. The fourth-order valence-electron chi connectivity index (χ4n) is 3.51. The van der Waals surface area contributed by atoms with Gasteiger partial charge in [-0.25, -0.2) is 0 Å². The summed E-state index contributed by atoms with van der Waals surface area (Å²) >= 11 is 0. The summed E-state index contributed by atoms with van der Waals surface area (Å²) in [5, 5.41) is 0. The molecule has 0 N–H and O–H groups in total. The number of nitrogens with zero attached hydrogens (tertiary/aromatic N) is 2. The third kappa shape index (κ3) is 2.53. The van der Waals surface area contributed by atoms with Gasteiger partial charge in [0.25, 0.3) is 0 Å². The first kappa shape index (κ1) is 13.4. The lowest BCUT2D eigenvalue weighted by atomic mass is 9.89. The van der Waals surface area contributed by atoms with Crippen molar-refractivity contribution in [2.24, 2.45) is 5.92 Å². The highest BCUT2D eigenvalue weighted by Crippen LogP contribution is 2.33. The first-order chi connectivity index (χ1) is 7.95. The topological polar surface area (TPSA) is 6.48 Å². The van der Waals surface area contributed by atoms with E-state index in [0.29, 0.717) is 5.54 Å². The number of hydrogen-bond acceptors (Lipinski definition) is 2.